The van der Waals surface area contributed by atoms with Crippen molar-refractivity contribution >= 4 is 43.9 Å². The molecular formula is C25H24N3O+. The second kappa shape index (κ2) is 5.84. The predicted molar refractivity (Wildman–Crippen MR) is 118 cm³/mol. The van der Waals surface area contributed by atoms with Gasteiger partial charge in [-0.2, -0.15) is 0 Å². The molecular weight excluding hydrogens is 358 g/mol. The molecule has 0 N–H and O–H groups in total. The maximum absolute atomic E-state index is 7.67. The molecule has 0 fully saturated rings. The van der Waals surface area contributed by atoms with E-state index in [4.69, 9.17) is 11.0 Å². The van der Waals surface area contributed by atoms with Gasteiger partial charge in [-0.3, -0.25) is 0 Å². The Bertz CT molecular complexity index is 1490. The summed E-state index contributed by atoms with van der Waals surface area (Å²) in [5.41, 5.74) is 5.85. The van der Waals surface area contributed by atoms with Crippen LogP contribution in [-0.2, 0) is 20.5 Å². The molecule has 3 heterocycles. The maximum atomic E-state index is 7.67. The van der Waals surface area contributed by atoms with Gasteiger partial charge in [0.25, 0.3) is 5.65 Å². The second-order valence-electron chi connectivity index (χ2n) is 8.69. The molecule has 5 rings (SSSR count). The number of benzene rings is 2. The zero-order valence-electron chi connectivity index (χ0n) is 17.5. The molecule has 29 heavy (non-hydrogen) atoms. The van der Waals surface area contributed by atoms with Gasteiger partial charge in [0.2, 0.25) is 5.54 Å². The standard InChI is InChI=1S/C25H24N3O/c1-15-10-11-16-8-7-9-19-21(16)20(15)22-23(29-19)18(14-25(2,3)26-4)17-12-13-27(5)24(17)28(22)6/h7-13H,14H2,1-3,5-6H3/q+1. The van der Waals surface area contributed by atoms with Crippen LogP contribution < -0.4 is 4.57 Å². The van der Waals surface area contributed by atoms with Crippen molar-refractivity contribution in [2.75, 3.05) is 0 Å². The topological polar surface area (TPSA) is 26.3 Å². The Balaban J connectivity index is 2.11. The Morgan fingerprint density at radius 2 is 1.93 bits per heavy atom. The Morgan fingerprint density at radius 3 is 2.69 bits per heavy atom. The fraction of sp³-hybridized carbons (Fsp3) is 0.280. The molecule has 4 heteroatoms. The van der Waals surface area contributed by atoms with Crippen molar-refractivity contribution in [3.63, 3.8) is 0 Å². The third-order valence-corrected chi connectivity index (χ3v) is 6.08. The molecule has 0 saturated carbocycles. The Labute approximate surface area is 169 Å². The van der Waals surface area contributed by atoms with Crippen LogP contribution in [0.4, 0.5) is 0 Å². The van der Waals surface area contributed by atoms with E-state index < -0.39 is 5.54 Å². The van der Waals surface area contributed by atoms with Crippen LogP contribution in [0.2, 0.25) is 0 Å². The van der Waals surface area contributed by atoms with Crippen LogP contribution in [0, 0.1) is 13.5 Å². The molecule has 0 amide bonds. The lowest BCUT2D eigenvalue weighted by molar-refractivity contribution is -0.645. The van der Waals surface area contributed by atoms with Crippen LogP contribution in [0.25, 0.3) is 48.7 Å². The van der Waals surface area contributed by atoms with Gasteiger partial charge >= 0.3 is 0 Å². The van der Waals surface area contributed by atoms with Crippen LogP contribution in [0.1, 0.15) is 25.0 Å². The third kappa shape index (κ3) is 2.40. The normalized spacial score (nSPS) is 12.4. The predicted octanol–water partition coefficient (Wildman–Crippen LogP) is 5.60. The first-order valence-electron chi connectivity index (χ1n) is 9.91. The average Bonchev–Trinajstić information content (AvgIpc) is 3.09. The summed E-state index contributed by atoms with van der Waals surface area (Å²) in [6, 6.07) is 12.7. The molecule has 3 aromatic heterocycles. The molecule has 0 atom stereocenters. The van der Waals surface area contributed by atoms with E-state index in [0.717, 1.165) is 33.3 Å². The first-order valence-corrected chi connectivity index (χ1v) is 9.91. The Hall–Kier alpha value is -3.32. The molecule has 0 spiro atoms. The molecule has 144 valence electrons. The summed E-state index contributed by atoms with van der Waals surface area (Å²) < 4.78 is 11.0. The molecule has 2 aromatic carbocycles. The number of hydrogen-bond acceptors (Lipinski definition) is 1. The monoisotopic (exact) mass is 382 g/mol. The number of pyridine rings is 1. The lowest BCUT2D eigenvalue weighted by atomic mass is 9.92. The Kier molecular flexibility index (Phi) is 3.58. The molecule has 0 bridgehead atoms. The SMILES string of the molecule is [C-]#[N+]C(C)(C)Cc1c2cc[n+](C)c2n(C)c2c1oc1cccc3ccc(C)c2c31. The highest BCUT2D eigenvalue weighted by molar-refractivity contribution is 6.19. The van der Waals surface area contributed by atoms with E-state index in [2.05, 4.69) is 65.5 Å². The number of rotatable bonds is 2. The Morgan fingerprint density at radius 1 is 1.14 bits per heavy atom. The number of nitrogens with zero attached hydrogens (tertiary/aromatic N) is 3. The van der Waals surface area contributed by atoms with Gasteiger partial charge in [-0.15, -0.1) is 0 Å². The van der Waals surface area contributed by atoms with Crippen LogP contribution in [-0.4, -0.2) is 10.1 Å². The molecule has 0 aliphatic carbocycles. The smallest absolute Gasteiger partial charge is 0.289 e. The molecule has 4 nitrogen and oxygen atoms in total. The van der Waals surface area contributed by atoms with Crippen molar-refractivity contribution in [3.8, 4) is 0 Å². The van der Waals surface area contributed by atoms with Gasteiger partial charge in [-0.25, -0.2) is 15.7 Å². The van der Waals surface area contributed by atoms with E-state index in [1.54, 1.807) is 0 Å². The largest absolute Gasteiger partial charge is 0.452 e. The van der Waals surface area contributed by atoms with Crippen molar-refractivity contribution in [3.05, 3.63) is 65.1 Å². The van der Waals surface area contributed by atoms with E-state index in [-0.39, 0.29) is 0 Å². The van der Waals surface area contributed by atoms with Crippen molar-refractivity contribution in [2.24, 2.45) is 14.1 Å². The highest BCUT2D eigenvalue weighted by Gasteiger charge is 2.31. The van der Waals surface area contributed by atoms with E-state index in [9.17, 15) is 0 Å². The molecule has 0 unspecified atom stereocenters. The van der Waals surface area contributed by atoms with Gasteiger partial charge in [0.1, 0.15) is 5.58 Å². The first-order chi connectivity index (χ1) is 13.8. The lowest BCUT2D eigenvalue weighted by Crippen LogP contribution is -2.28. The highest BCUT2D eigenvalue weighted by atomic mass is 16.3. The van der Waals surface area contributed by atoms with Crippen molar-refractivity contribution in [1.29, 1.82) is 0 Å². The van der Waals surface area contributed by atoms with Gasteiger partial charge in [-0.1, -0.05) is 24.3 Å². The number of aromatic nitrogens is 2. The van der Waals surface area contributed by atoms with Crippen LogP contribution in [0.3, 0.4) is 0 Å². The molecule has 0 saturated heterocycles. The average molecular weight is 382 g/mol. The lowest BCUT2D eigenvalue weighted by Gasteiger charge is -2.17. The number of hydrogen-bond donors (Lipinski definition) is 0. The van der Waals surface area contributed by atoms with Crippen molar-refractivity contribution in [1.82, 2.24) is 4.57 Å². The minimum Gasteiger partial charge on any atom is -0.452 e. The summed E-state index contributed by atoms with van der Waals surface area (Å²) in [5.74, 6) is 0. The van der Waals surface area contributed by atoms with Crippen molar-refractivity contribution in [2.45, 2.75) is 32.7 Å². The van der Waals surface area contributed by atoms with Gasteiger partial charge < -0.3 is 9.26 Å². The summed E-state index contributed by atoms with van der Waals surface area (Å²) in [6.07, 6.45) is 2.72. The fourth-order valence-corrected chi connectivity index (χ4v) is 4.69. The summed E-state index contributed by atoms with van der Waals surface area (Å²) in [7, 11) is 4.18. The van der Waals surface area contributed by atoms with E-state index in [1.165, 1.54) is 21.7 Å². The minimum absolute atomic E-state index is 0.502. The molecule has 5 aromatic rings. The minimum atomic E-state index is -0.502. The fourth-order valence-electron chi connectivity index (χ4n) is 4.69. The van der Waals surface area contributed by atoms with Crippen LogP contribution in [0.5, 0.6) is 0 Å². The number of aryl methyl sites for hydroxylation is 3. The second-order valence-corrected chi connectivity index (χ2v) is 8.69. The summed E-state index contributed by atoms with van der Waals surface area (Å²) in [5, 5.41) is 4.73. The third-order valence-electron chi connectivity index (χ3n) is 6.08. The van der Waals surface area contributed by atoms with Crippen LogP contribution in [0.15, 0.2) is 47.0 Å². The van der Waals surface area contributed by atoms with Gasteiger partial charge in [0, 0.05) is 30.2 Å². The molecule has 0 radical (unpaired) electrons. The van der Waals surface area contributed by atoms with Gasteiger partial charge in [0.15, 0.2) is 11.1 Å². The zero-order valence-corrected chi connectivity index (χ0v) is 17.5. The first kappa shape index (κ1) is 17.8. The van der Waals surface area contributed by atoms with Crippen LogP contribution >= 0.6 is 0 Å². The van der Waals surface area contributed by atoms with E-state index >= 15 is 0 Å². The number of fused-ring (bicyclic) bond motifs is 3. The van der Waals surface area contributed by atoms with E-state index in [1.807, 2.05) is 26.0 Å². The molecule has 0 aliphatic rings. The summed E-state index contributed by atoms with van der Waals surface area (Å²) in [6.45, 7) is 13.8. The van der Waals surface area contributed by atoms with E-state index in [0.29, 0.717) is 6.42 Å². The van der Waals surface area contributed by atoms with Gasteiger partial charge in [0.05, 0.1) is 32.1 Å². The maximum Gasteiger partial charge on any atom is 0.289 e. The highest BCUT2D eigenvalue weighted by Crippen LogP contribution is 2.39. The van der Waals surface area contributed by atoms with Gasteiger partial charge in [-0.05, 0) is 30.0 Å². The summed E-state index contributed by atoms with van der Waals surface area (Å²) in [4.78, 5) is 3.88. The zero-order chi connectivity index (χ0) is 20.5. The van der Waals surface area contributed by atoms with Crippen molar-refractivity contribution < 1.29 is 8.98 Å². The summed E-state index contributed by atoms with van der Waals surface area (Å²) >= 11 is 0. The molecule has 0 aliphatic heterocycles. The quantitative estimate of drug-likeness (QED) is 0.169.